The molecular formula is C14H19NO. The number of methoxy groups -OCH3 is 1. The topological polar surface area (TPSA) is 12.5 Å². The summed E-state index contributed by atoms with van der Waals surface area (Å²) in [5.41, 5.74) is 2.80. The fourth-order valence-electron chi connectivity index (χ4n) is 2.07. The monoisotopic (exact) mass is 217 g/mol. The third-order valence-corrected chi connectivity index (χ3v) is 3.20. The van der Waals surface area contributed by atoms with Gasteiger partial charge in [-0.05, 0) is 36.2 Å². The van der Waals surface area contributed by atoms with Crippen molar-refractivity contribution in [1.82, 2.24) is 4.90 Å². The molecule has 86 valence electrons. The Morgan fingerprint density at radius 3 is 2.50 bits per heavy atom. The Morgan fingerprint density at radius 2 is 2.00 bits per heavy atom. The summed E-state index contributed by atoms with van der Waals surface area (Å²) in [6, 6.07) is 8.35. The van der Waals surface area contributed by atoms with Crippen LogP contribution in [0.5, 0.6) is 5.75 Å². The molecule has 0 unspecified atom stereocenters. The molecule has 0 amide bonds. The van der Waals surface area contributed by atoms with Crippen LogP contribution in [0.2, 0.25) is 0 Å². The highest BCUT2D eigenvalue weighted by Crippen LogP contribution is 2.23. The van der Waals surface area contributed by atoms with Gasteiger partial charge in [0.05, 0.1) is 7.11 Å². The van der Waals surface area contributed by atoms with Crippen molar-refractivity contribution in [3.05, 3.63) is 35.9 Å². The standard InChI is InChI=1S/C14H19NO/c1-3-15-10-8-13(9-11-15)12-4-6-14(16-2)7-5-12/h4-8H,3,9-11H2,1-2H3. The van der Waals surface area contributed by atoms with Crippen LogP contribution < -0.4 is 4.74 Å². The molecule has 2 nitrogen and oxygen atoms in total. The number of nitrogens with zero attached hydrogens (tertiary/aromatic N) is 1. The highest BCUT2D eigenvalue weighted by atomic mass is 16.5. The van der Waals surface area contributed by atoms with Crippen LogP contribution in [0.1, 0.15) is 18.9 Å². The van der Waals surface area contributed by atoms with Crippen molar-refractivity contribution in [1.29, 1.82) is 0 Å². The maximum atomic E-state index is 5.16. The molecule has 0 fully saturated rings. The van der Waals surface area contributed by atoms with E-state index in [9.17, 15) is 0 Å². The Bertz CT molecular complexity index is 367. The third kappa shape index (κ3) is 2.45. The summed E-state index contributed by atoms with van der Waals surface area (Å²) in [6.07, 6.45) is 3.50. The zero-order valence-electron chi connectivity index (χ0n) is 10.1. The van der Waals surface area contributed by atoms with Gasteiger partial charge in [0.15, 0.2) is 0 Å². The maximum Gasteiger partial charge on any atom is 0.118 e. The summed E-state index contributed by atoms with van der Waals surface area (Å²) in [4.78, 5) is 2.45. The Labute approximate surface area is 97.5 Å². The van der Waals surface area contributed by atoms with Gasteiger partial charge < -0.3 is 4.74 Å². The van der Waals surface area contributed by atoms with Gasteiger partial charge in [-0.2, -0.15) is 0 Å². The summed E-state index contributed by atoms with van der Waals surface area (Å²) in [5, 5.41) is 0. The molecule has 0 aliphatic carbocycles. The van der Waals surface area contributed by atoms with Gasteiger partial charge in [-0.25, -0.2) is 0 Å². The molecule has 2 heteroatoms. The average molecular weight is 217 g/mol. The molecule has 0 spiro atoms. The van der Waals surface area contributed by atoms with Crippen molar-refractivity contribution in [2.24, 2.45) is 0 Å². The lowest BCUT2D eigenvalue weighted by molar-refractivity contribution is 0.319. The van der Waals surface area contributed by atoms with Crippen molar-refractivity contribution in [2.75, 3.05) is 26.7 Å². The smallest absolute Gasteiger partial charge is 0.118 e. The Balaban J connectivity index is 2.10. The number of benzene rings is 1. The van der Waals surface area contributed by atoms with Crippen LogP contribution in [0, 0.1) is 0 Å². The second-order valence-corrected chi connectivity index (χ2v) is 4.10. The lowest BCUT2D eigenvalue weighted by atomic mass is 9.99. The first-order valence-corrected chi connectivity index (χ1v) is 5.89. The van der Waals surface area contributed by atoms with E-state index in [-0.39, 0.29) is 0 Å². The van der Waals surface area contributed by atoms with Gasteiger partial charge in [-0.1, -0.05) is 25.1 Å². The van der Waals surface area contributed by atoms with E-state index >= 15 is 0 Å². The second-order valence-electron chi connectivity index (χ2n) is 4.10. The van der Waals surface area contributed by atoms with E-state index in [1.165, 1.54) is 17.7 Å². The summed E-state index contributed by atoms with van der Waals surface area (Å²) >= 11 is 0. The lowest BCUT2D eigenvalue weighted by Gasteiger charge is -2.24. The van der Waals surface area contributed by atoms with Crippen molar-refractivity contribution in [3.63, 3.8) is 0 Å². The third-order valence-electron chi connectivity index (χ3n) is 3.20. The largest absolute Gasteiger partial charge is 0.497 e. The molecule has 2 rings (SSSR count). The van der Waals surface area contributed by atoms with Gasteiger partial charge in [0.25, 0.3) is 0 Å². The molecule has 0 bridgehead atoms. The zero-order chi connectivity index (χ0) is 11.4. The summed E-state index contributed by atoms with van der Waals surface area (Å²) < 4.78 is 5.16. The van der Waals surface area contributed by atoms with Gasteiger partial charge in [-0.15, -0.1) is 0 Å². The quantitative estimate of drug-likeness (QED) is 0.772. The molecule has 16 heavy (non-hydrogen) atoms. The van der Waals surface area contributed by atoms with Crippen LogP contribution in [0.3, 0.4) is 0 Å². The van der Waals surface area contributed by atoms with Crippen molar-refractivity contribution in [2.45, 2.75) is 13.3 Å². The molecule has 1 aliphatic heterocycles. The molecule has 0 aromatic heterocycles. The first-order valence-electron chi connectivity index (χ1n) is 5.89. The van der Waals surface area contributed by atoms with Crippen LogP contribution in [0.15, 0.2) is 30.3 Å². The number of hydrogen-bond donors (Lipinski definition) is 0. The molecular weight excluding hydrogens is 198 g/mol. The van der Waals surface area contributed by atoms with E-state index in [0.29, 0.717) is 0 Å². The molecule has 1 aromatic rings. The highest BCUT2D eigenvalue weighted by Gasteiger charge is 2.10. The minimum Gasteiger partial charge on any atom is -0.497 e. The van der Waals surface area contributed by atoms with E-state index in [2.05, 4.69) is 30.0 Å². The van der Waals surface area contributed by atoms with E-state index in [0.717, 1.165) is 25.3 Å². The summed E-state index contributed by atoms with van der Waals surface area (Å²) in [7, 11) is 1.70. The fourth-order valence-corrected chi connectivity index (χ4v) is 2.07. The van der Waals surface area contributed by atoms with E-state index in [1.54, 1.807) is 7.11 Å². The predicted molar refractivity (Wildman–Crippen MR) is 67.7 cm³/mol. The maximum absolute atomic E-state index is 5.16. The van der Waals surface area contributed by atoms with Gasteiger partial charge in [0, 0.05) is 13.1 Å². The second kappa shape index (κ2) is 5.17. The number of ether oxygens (including phenoxy) is 1. The number of rotatable bonds is 3. The first-order chi connectivity index (χ1) is 7.83. The SMILES string of the molecule is CCN1CC=C(c2ccc(OC)cc2)CC1. The molecule has 0 saturated heterocycles. The number of likely N-dealkylation sites (N-methyl/N-ethyl adjacent to an activating group) is 1. The van der Waals surface area contributed by atoms with Gasteiger partial charge in [0.1, 0.15) is 5.75 Å². The van der Waals surface area contributed by atoms with Crippen LogP contribution in [-0.2, 0) is 0 Å². The van der Waals surface area contributed by atoms with Crippen LogP contribution in [0.25, 0.3) is 5.57 Å². The highest BCUT2D eigenvalue weighted by molar-refractivity contribution is 5.67. The average Bonchev–Trinajstić information content (AvgIpc) is 2.39. The van der Waals surface area contributed by atoms with E-state index in [4.69, 9.17) is 4.74 Å². The van der Waals surface area contributed by atoms with Crippen molar-refractivity contribution >= 4 is 5.57 Å². The molecule has 1 aliphatic rings. The van der Waals surface area contributed by atoms with E-state index < -0.39 is 0 Å². The summed E-state index contributed by atoms with van der Waals surface area (Å²) in [6.45, 7) is 5.62. The Hall–Kier alpha value is -1.28. The minimum atomic E-state index is 0.926. The predicted octanol–water partition coefficient (Wildman–Crippen LogP) is 2.80. The van der Waals surface area contributed by atoms with Gasteiger partial charge >= 0.3 is 0 Å². The molecule has 0 atom stereocenters. The molecule has 0 N–H and O–H groups in total. The molecule has 1 aromatic carbocycles. The molecule has 0 saturated carbocycles. The Morgan fingerprint density at radius 1 is 1.25 bits per heavy atom. The normalized spacial score (nSPS) is 17.0. The Kier molecular flexibility index (Phi) is 3.62. The van der Waals surface area contributed by atoms with E-state index in [1.807, 2.05) is 12.1 Å². The minimum absolute atomic E-state index is 0.926. The van der Waals surface area contributed by atoms with Crippen molar-refractivity contribution in [3.8, 4) is 5.75 Å². The molecule has 1 heterocycles. The number of hydrogen-bond acceptors (Lipinski definition) is 2. The first kappa shape index (κ1) is 11.2. The van der Waals surface area contributed by atoms with Crippen LogP contribution in [0.4, 0.5) is 0 Å². The van der Waals surface area contributed by atoms with Crippen molar-refractivity contribution < 1.29 is 4.74 Å². The molecule has 0 radical (unpaired) electrons. The lowest BCUT2D eigenvalue weighted by Crippen LogP contribution is -2.27. The summed E-state index contributed by atoms with van der Waals surface area (Å²) in [5.74, 6) is 0.926. The fraction of sp³-hybridized carbons (Fsp3) is 0.429. The zero-order valence-corrected chi connectivity index (χ0v) is 10.1. The van der Waals surface area contributed by atoms with Gasteiger partial charge in [-0.3, -0.25) is 4.90 Å². The van der Waals surface area contributed by atoms with Crippen LogP contribution in [-0.4, -0.2) is 31.6 Å². The van der Waals surface area contributed by atoms with Crippen LogP contribution >= 0.6 is 0 Å². The van der Waals surface area contributed by atoms with Gasteiger partial charge in [0.2, 0.25) is 0 Å².